The summed E-state index contributed by atoms with van der Waals surface area (Å²) in [6.45, 7) is 8.63. The fourth-order valence-electron chi connectivity index (χ4n) is 6.61. The number of ketones is 1. The molecule has 1 spiro atoms. The van der Waals surface area contributed by atoms with Gasteiger partial charge < -0.3 is 9.47 Å². The fraction of sp³-hybridized carbons (Fsp3) is 0.857. The molecule has 4 atom stereocenters. The van der Waals surface area contributed by atoms with Gasteiger partial charge >= 0.3 is 0 Å². The van der Waals surface area contributed by atoms with Crippen LogP contribution < -0.4 is 0 Å². The smallest absolute Gasteiger partial charge is 0.157 e. The van der Waals surface area contributed by atoms with Crippen molar-refractivity contribution in [3.63, 3.8) is 0 Å². The van der Waals surface area contributed by atoms with Crippen molar-refractivity contribution in [3.05, 3.63) is 12.2 Å². The quantitative estimate of drug-likeness (QED) is 0.703. The molecule has 4 rings (SSSR count). The maximum absolute atomic E-state index is 12.6. The molecule has 1 heterocycles. The van der Waals surface area contributed by atoms with Gasteiger partial charge in [0.2, 0.25) is 0 Å². The van der Waals surface area contributed by atoms with Crippen molar-refractivity contribution in [1.29, 1.82) is 0 Å². The molecule has 3 heteroatoms. The SMILES string of the molecule is C[C@]12C=C[C@]3(C)CC(=O)C[C@](C)(CCCC4OCCO4)[C@@]3(CC1)C2. The molecule has 2 bridgehead atoms. The number of carbonyl (C=O) groups is 1. The summed E-state index contributed by atoms with van der Waals surface area (Å²) in [6, 6.07) is 0. The molecule has 0 radical (unpaired) electrons. The van der Waals surface area contributed by atoms with Gasteiger partial charge in [0.15, 0.2) is 6.29 Å². The number of fused-ring (bicyclic) bond motifs is 1. The molecule has 0 N–H and O–H groups in total. The van der Waals surface area contributed by atoms with Crippen molar-refractivity contribution in [2.24, 2.45) is 21.7 Å². The molecular formula is C21H32O3. The van der Waals surface area contributed by atoms with Crippen LogP contribution in [0.2, 0.25) is 0 Å². The van der Waals surface area contributed by atoms with Crippen LogP contribution in [0.4, 0.5) is 0 Å². The van der Waals surface area contributed by atoms with Gasteiger partial charge in [-0.15, -0.1) is 0 Å². The summed E-state index contributed by atoms with van der Waals surface area (Å²) >= 11 is 0. The van der Waals surface area contributed by atoms with Crippen LogP contribution in [0.15, 0.2) is 12.2 Å². The summed E-state index contributed by atoms with van der Waals surface area (Å²) < 4.78 is 11.2. The first kappa shape index (κ1) is 16.8. The lowest BCUT2D eigenvalue weighted by Crippen LogP contribution is -2.56. The van der Waals surface area contributed by atoms with E-state index >= 15 is 0 Å². The second-order valence-electron chi connectivity index (χ2n) is 9.68. The van der Waals surface area contributed by atoms with Crippen LogP contribution in [0.5, 0.6) is 0 Å². The molecule has 24 heavy (non-hydrogen) atoms. The number of rotatable bonds is 4. The van der Waals surface area contributed by atoms with Crippen LogP contribution in [0, 0.1) is 21.7 Å². The third-order valence-corrected chi connectivity index (χ3v) is 7.94. The van der Waals surface area contributed by atoms with E-state index in [9.17, 15) is 4.79 Å². The standard InChI is InChI=1S/C21H32O3/c1-18-7-9-20(3)14-16(22)13-19(2,21(20,15-18)10-8-18)6-4-5-17-23-11-12-24-17/h7,9,17H,4-6,8,10-15H2,1-3H3/t18-,19-,20+,21+/m0/s1. The Morgan fingerprint density at radius 3 is 2.58 bits per heavy atom. The van der Waals surface area contributed by atoms with E-state index in [1.54, 1.807) is 0 Å². The number of Topliss-reactive ketones (excluding diaryl/α,β-unsaturated/α-hetero) is 1. The molecule has 2 saturated carbocycles. The van der Waals surface area contributed by atoms with Gasteiger partial charge in [0.1, 0.15) is 5.78 Å². The molecule has 3 aliphatic carbocycles. The summed E-state index contributed by atoms with van der Waals surface area (Å²) in [6.07, 6.45) is 13.3. The molecular weight excluding hydrogens is 300 g/mol. The summed E-state index contributed by atoms with van der Waals surface area (Å²) in [4.78, 5) is 12.6. The normalized spacial score (nSPS) is 48.0. The van der Waals surface area contributed by atoms with Gasteiger partial charge in [-0.25, -0.2) is 0 Å². The van der Waals surface area contributed by atoms with Crippen molar-refractivity contribution in [3.8, 4) is 0 Å². The third kappa shape index (κ3) is 2.34. The average molecular weight is 332 g/mol. The van der Waals surface area contributed by atoms with E-state index in [2.05, 4.69) is 32.9 Å². The van der Waals surface area contributed by atoms with E-state index in [0.29, 0.717) is 11.2 Å². The lowest BCUT2D eigenvalue weighted by atomic mass is 9.42. The van der Waals surface area contributed by atoms with E-state index in [1.165, 1.54) is 19.3 Å². The molecule has 1 saturated heterocycles. The van der Waals surface area contributed by atoms with Gasteiger partial charge in [0.05, 0.1) is 13.2 Å². The summed E-state index contributed by atoms with van der Waals surface area (Å²) in [5, 5.41) is 0. The van der Waals surface area contributed by atoms with Crippen molar-refractivity contribution in [1.82, 2.24) is 0 Å². The fourth-order valence-corrected chi connectivity index (χ4v) is 6.61. The molecule has 3 nitrogen and oxygen atoms in total. The van der Waals surface area contributed by atoms with Gasteiger partial charge in [0, 0.05) is 12.8 Å². The molecule has 0 unspecified atom stereocenters. The van der Waals surface area contributed by atoms with E-state index < -0.39 is 0 Å². The Hall–Kier alpha value is -0.670. The topological polar surface area (TPSA) is 35.5 Å². The summed E-state index contributed by atoms with van der Waals surface area (Å²) in [7, 11) is 0. The average Bonchev–Trinajstić information content (AvgIpc) is 3.11. The first-order valence-electron chi connectivity index (χ1n) is 9.75. The van der Waals surface area contributed by atoms with E-state index in [4.69, 9.17) is 9.47 Å². The monoisotopic (exact) mass is 332 g/mol. The molecule has 4 aliphatic rings. The Balaban J connectivity index is 1.58. The Morgan fingerprint density at radius 1 is 1.08 bits per heavy atom. The Bertz CT molecular complexity index is 563. The number of allylic oxidation sites excluding steroid dienone is 2. The first-order valence-corrected chi connectivity index (χ1v) is 9.75. The van der Waals surface area contributed by atoms with Crippen LogP contribution in [-0.4, -0.2) is 25.3 Å². The van der Waals surface area contributed by atoms with Crippen molar-refractivity contribution in [2.45, 2.75) is 78.4 Å². The maximum atomic E-state index is 12.6. The van der Waals surface area contributed by atoms with Gasteiger partial charge in [-0.2, -0.15) is 0 Å². The predicted octanol–water partition coefficient (Wildman–Crippen LogP) is 4.65. The second kappa shape index (κ2) is 5.41. The highest BCUT2D eigenvalue weighted by atomic mass is 16.7. The van der Waals surface area contributed by atoms with E-state index in [0.717, 1.165) is 45.3 Å². The third-order valence-electron chi connectivity index (χ3n) is 7.94. The lowest BCUT2D eigenvalue weighted by Gasteiger charge is -2.61. The molecule has 0 aromatic rings. The molecule has 0 aromatic heterocycles. The zero-order chi connectivity index (χ0) is 17.1. The van der Waals surface area contributed by atoms with Gasteiger partial charge in [-0.05, 0) is 60.2 Å². The highest BCUT2D eigenvalue weighted by Gasteiger charge is 2.66. The van der Waals surface area contributed by atoms with Crippen LogP contribution >= 0.6 is 0 Å². The van der Waals surface area contributed by atoms with Gasteiger partial charge in [0.25, 0.3) is 0 Å². The first-order chi connectivity index (χ1) is 11.3. The minimum Gasteiger partial charge on any atom is -0.350 e. The van der Waals surface area contributed by atoms with Crippen LogP contribution in [0.1, 0.15) is 72.1 Å². The minimum atomic E-state index is -0.0168. The van der Waals surface area contributed by atoms with Crippen molar-refractivity contribution >= 4 is 5.78 Å². The molecule has 1 aliphatic heterocycles. The second-order valence-corrected chi connectivity index (χ2v) is 9.68. The number of hydrogen-bond acceptors (Lipinski definition) is 3. The minimum absolute atomic E-state index is 0.0168. The lowest BCUT2D eigenvalue weighted by molar-refractivity contribution is -0.148. The van der Waals surface area contributed by atoms with Crippen molar-refractivity contribution < 1.29 is 14.3 Å². The zero-order valence-electron chi connectivity index (χ0n) is 15.5. The van der Waals surface area contributed by atoms with Crippen LogP contribution in [0.3, 0.4) is 0 Å². The van der Waals surface area contributed by atoms with E-state index in [-0.39, 0.29) is 22.5 Å². The van der Waals surface area contributed by atoms with Crippen LogP contribution in [-0.2, 0) is 14.3 Å². The maximum Gasteiger partial charge on any atom is 0.157 e. The largest absolute Gasteiger partial charge is 0.350 e. The Morgan fingerprint density at radius 2 is 1.83 bits per heavy atom. The molecule has 134 valence electrons. The number of carbonyl (C=O) groups excluding carboxylic acids is 1. The number of ether oxygens (including phenoxy) is 2. The summed E-state index contributed by atoms with van der Waals surface area (Å²) in [5.74, 6) is 0.458. The van der Waals surface area contributed by atoms with Crippen molar-refractivity contribution in [2.75, 3.05) is 13.2 Å². The van der Waals surface area contributed by atoms with Gasteiger partial charge in [-0.1, -0.05) is 32.9 Å². The highest BCUT2D eigenvalue weighted by Crippen LogP contribution is 2.73. The molecule has 0 amide bonds. The summed E-state index contributed by atoms with van der Waals surface area (Å²) in [5.41, 5.74) is 0.791. The zero-order valence-corrected chi connectivity index (χ0v) is 15.5. The van der Waals surface area contributed by atoms with Crippen LogP contribution in [0.25, 0.3) is 0 Å². The molecule has 0 aromatic carbocycles. The highest BCUT2D eigenvalue weighted by molar-refractivity contribution is 5.82. The molecule has 3 fully saturated rings. The predicted molar refractivity (Wildman–Crippen MR) is 93.5 cm³/mol. The Labute approximate surface area is 146 Å². The number of hydrogen-bond donors (Lipinski definition) is 0. The Kier molecular flexibility index (Phi) is 3.78. The van der Waals surface area contributed by atoms with E-state index in [1.807, 2.05) is 0 Å². The van der Waals surface area contributed by atoms with Gasteiger partial charge in [-0.3, -0.25) is 4.79 Å².